The van der Waals surface area contributed by atoms with Crippen molar-refractivity contribution in [3.05, 3.63) is 46.7 Å². The third-order valence-corrected chi connectivity index (χ3v) is 4.99. The molecule has 1 heterocycles. The van der Waals surface area contributed by atoms with E-state index in [2.05, 4.69) is 10.3 Å². The van der Waals surface area contributed by atoms with E-state index in [4.69, 9.17) is 4.74 Å². The fourth-order valence-electron chi connectivity index (χ4n) is 1.81. The lowest BCUT2D eigenvalue weighted by Gasteiger charge is -2.05. The van der Waals surface area contributed by atoms with Crippen LogP contribution in [-0.2, 0) is 27.3 Å². The standard InChI is InChI=1S/C16H17FN2O3S2/c1-2-22-15(21)7-12-9-23-16(19-12)24-10-14(20)18-8-11-5-3-4-6-13(11)17/h3-6,9H,2,7-8,10H2,1H3,(H,18,20). The fourth-order valence-corrected chi connectivity index (χ4v) is 3.48. The molecule has 8 heteroatoms. The highest BCUT2D eigenvalue weighted by molar-refractivity contribution is 8.01. The van der Waals surface area contributed by atoms with Crippen molar-refractivity contribution in [1.29, 1.82) is 0 Å². The zero-order valence-electron chi connectivity index (χ0n) is 13.1. The third kappa shape index (κ3) is 5.93. The molecule has 2 aromatic rings. The molecule has 0 fully saturated rings. The summed E-state index contributed by atoms with van der Waals surface area (Å²) >= 11 is 2.65. The number of esters is 1. The van der Waals surface area contributed by atoms with Gasteiger partial charge < -0.3 is 10.1 Å². The van der Waals surface area contributed by atoms with E-state index in [0.29, 0.717) is 22.2 Å². The van der Waals surface area contributed by atoms with E-state index in [-0.39, 0.29) is 36.4 Å². The molecule has 24 heavy (non-hydrogen) atoms. The summed E-state index contributed by atoms with van der Waals surface area (Å²) in [4.78, 5) is 27.5. The summed E-state index contributed by atoms with van der Waals surface area (Å²) in [5.74, 6) is -0.678. The first-order chi connectivity index (χ1) is 11.6. The van der Waals surface area contributed by atoms with Crippen molar-refractivity contribution in [1.82, 2.24) is 10.3 Å². The summed E-state index contributed by atoms with van der Waals surface area (Å²) in [6.07, 6.45) is 0.129. The minimum Gasteiger partial charge on any atom is -0.466 e. The second-order valence-corrected chi connectivity index (χ2v) is 6.82. The highest BCUT2D eigenvalue weighted by Crippen LogP contribution is 2.22. The van der Waals surface area contributed by atoms with Crippen LogP contribution in [0.3, 0.4) is 0 Å². The van der Waals surface area contributed by atoms with Crippen molar-refractivity contribution in [2.45, 2.75) is 24.2 Å². The molecule has 2 rings (SSSR count). The van der Waals surface area contributed by atoms with Gasteiger partial charge in [0, 0.05) is 17.5 Å². The number of carbonyl (C=O) groups is 2. The number of nitrogens with zero attached hydrogens (tertiary/aromatic N) is 1. The average molecular weight is 368 g/mol. The molecule has 1 aromatic carbocycles. The highest BCUT2D eigenvalue weighted by Gasteiger charge is 2.10. The Morgan fingerprint density at radius 3 is 2.92 bits per heavy atom. The molecule has 5 nitrogen and oxygen atoms in total. The van der Waals surface area contributed by atoms with E-state index in [9.17, 15) is 14.0 Å². The van der Waals surface area contributed by atoms with Crippen LogP contribution in [0.15, 0.2) is 34.0 Å². The molecule has 0 aliphatic rings. The Hall–Kier alpha value is -1.93. The Morgan fingerprint density at radius 1 is 1.38 bits per heavy atom. The molecule has 0 bridgehead atoms. The van der Waals surface area contributed by atoms with Gasteiger partial charge in [-0.3, -0.25) is 9.59 Å². The van der Waals surface area contributed by atoms with Gasteiger partial charge in [0.15, 0.2) is 4.34 Å². The maximum absolute atomic E-state index is 13.5. The molecule has 0 spiro atoms. The van der Waals surface area contributed by atoms with Crippen LogP contribution in [0, 0.1) is 5.82 Å². The number of ether oxygens (including phenoxy) is 1. The summed E-state index contributed by atoms with van der Waals surface area (Å²) in [6.45, 7) is 2.24. The number of halogens is 1. The highest BCUT2D eigenvalue weighted by atomic mass is 32.2. The number of amides is 1. The number of thiazole rings is 1. The lowest BCUT2D eigenvalue weighted by Crippen LogP contribution is -2.25. The minimum absolute atomic E-state index is 0.129. The molecule has 0 radical (unpaired) electrons. The van der Waals surface area contributed by atoms with Crippen molar-refractivity contribution in [3.8, 4) is 0 Å². The van der Waals surface area contributed by atoms with Crippen molar-refractivity contribution < 1.29 is 18.7 Å². The molecular weight excluding hydrogens is 351 g/mol. The Bertz CT molecular complexity index is 706. The molecule has 0 saturated carbocycles. The van der Waals surface area contributed by atoms with Gasteiger partial charge in [-0.25, -0.2) is 9.37 Å². The van der Waals surface area contributed by atoms with Crippen LogP contribution < -0.4 is 5.32 Å². The first-order valence-electron chi connectivity index (χ1n) is 7.31. The second-order valence-electron chi connectivity index (χ2n) is 4.74. The quantitative estimate of drug-likeness (QED) is 0.573. The molecular formula is C16H17FN2O3S2. The minimum atomic E-state index is -0.339. The topological polar surface area (TPSA) is 68.3 Å². The number of thioether (sulfide) groups is 1. The largest absolute Gasteiger partial charge is 0.466 e. The smallest absolute Gasteiger partial charge is 0.311 e. The zero-order valence-corrected chi connectivity index (χ0v) is 14.7. The Labute approximate surface area is 147 Å². The van der Waals surface area contributed by atoms with Gasteiger partial charge in [0.2, 0.25) is 5.91 Å². The number of aromatic nitrogens is 1. The number of carbonyl (C=O) groups excluding carboxylic acids is 2. The normalized spacial score (nSPS) is 10.4. The van der Waals surface area contributed by atoms with Gasteiger partial charge in [0.1, 0.15) is 5.82 Å². The first kappa shape index (κ1) is 18.4. The average Bonchev–Trinajstić information content (AvgIpc) is 2.99. The Kier molecular flexibility index (Phi) is 7.20. The predicted molar refractivity (Wildman–Crippen MR) is 91.4 cm³/mol. The van der Waals surface area contributed by atoms with Crippen molar-refractivity contribution in [2.24, 2.45) is 0 Å². The van der Waals surface area contributed by atoms with Crippen LogP contribution in [0.2, 0.25) is 0 Å². The lowest BCUT2D eigenvalue weighted by atomic mass is 10.2. The molecule has 0 saturated heterocycles. The molecule has 1 N–H and O–H groups in total. The van der Waals surface area contributed by atoms with Gasteiger partial charge in [-0.2, -0.15) is 0 Å². The lowest BCUT2D eigenvalue weighted by molar-refractivity contribution is -0.142. The van der Waals surface area contributed by atoms with Crippen molar-refractivity contribution in [2.75, 3.05) is 12.4 Å². The van der Waals surface area contributed by atoms with Gasteiger partial charge in [0.25, 0.3) is 0 Å². The summed E-state index contributed by atoms with van der Waals surface area (Å²) < 4.78 is 19.0. The summed E-state index contributed by atoms with van der Waals surface area (Å²) in [7, 11) is 0. The summed E-state index contributed by atoms with van der Waals surface area (Å²) in [5, 5.41) is 4.44. The molecule has 1 aromatic heterocycles. The summed E-state index contributed by atoms with van der Waals surface area (Å²) in [5.41, 5.74) is 1.08. The van der Waals surface area contributed by atoms with Crippen LogP contribution in [0.25, 0.3) is 0 Å². The number of hydrogen-bond acceptors (Lipinski definition) is 6. The monoisotopic (exact) mass is 368 g/mol. The molecule has 1 amide bonds. The molecule has 0 unspecified atom stereocenters. The van der Waals surface area contributed by atoms with Crippen LogP contribution >= 0.6 is 23.1 Å². The predicted octanol–water partition coefficient (Wildman–Crippen LogP) is 2.80. The summed E-state index contributed by atoms with van der Waals surface area (Å²) in [6, 6.07) is 6.31. The van der Waals surface area contributed by atoms with Crippen LogP contribution in [-0.4, -0.2) is 29.2 Å². The molecule has 128 valence electrons. The number of benzene rings is 1. The van der Waals surface area contributed by atoms with E-state index < -0.39 is 0 Å². The van der Waals surface area contributed by atoms with E-state index in [0.717, 1.165) is 0 Å². The van der Waals surface area contributed by atoms with Crippen molar-refractivity contribution in [3.63, 3.8) is 0 Å². The van der Waals surface area contributed by atoms with Crippen LogP contribution in [0.1, 0.15) is 18.2 Å². The van der Waals surface area contributed by atoms with Crippen LogP contribution in [0.5, 0.6) is 0 Å². The van der Waals surface area contributed by atoms with Gasteiger partial charge >= 0.3 is 5.97 Å². The van der Waals surface area contributed by atoms with Gasteiger partial charge in [-0.05, 0) is 13.0 Å². The molecule has 0 aliphatic heterocycles. The van der Waals surface area contributed by atoms with Crippen LogP contribution in [0.4, 0.5) is 4.39 Å². The Balaban J connectivity index is 1.75. The number of hydrogen-bond donors (Lipinski definition) is 1. The number of rotatable bonds is 8. The van der Waals surface area contributed by atoms with Gasteiger partial charge in [0.05, 0.1) is 24.5 Å². The first-order valence-corrected chi connectivity index (χ1v) is 9.18. The zero-order chi connectivity index (χ0) is 17.4. The van der Waals surface area contributed by atoms with E-state index in [1.54, 1.807) is 30.5 Å². The van der Waals surface area contributed by atoms with E-state index in [1.165, 1.54) is 29.2 Å². The Morgan fingerprint density at radius 2 is 2.17 bits per heavy atom. The van der Waals surface area contributed by atoms with Gasteiger partial charge in [-0.1, -0.05) is 30.0 Å². The van der Waals surface area contributed by atoms with E-state index in [1.807, 2.05) is 0 Å². The van der Waals surface area contributed by atoms with Crippen molar-refractivity contribution >= 4 is 35.0 Å². The molecule has 0 atom stereocenters. The fraction of sp³-hybridized carbons (Fsp3) is 0.312. The third-order valence-electron chi connectivity index (χ3n) is 2.92. The maximum atomic E-state index is 13.5. The maximum Gasteiger partial charge on any atom is 0.311 e. The number of nitrogens with one attached hydrogen (secondary N) is 1. The second kappa shape index (κ2) is 9.39. The SMILES string of the molecule is CCOC(=O)Cc1csc(SCC(=O)NCc2ccccc2F)n1. The van der Waals surface area contributed by atoms with Gasteiger partial charge in [-0.15, -0.1) is 11.3 Å². The van der Waals surface area contributed by atoms with E-state index >= 15 is 0 Å². The molecule has 0 aliphatic carbocycles.